The fourth-order valence-corrected chi connectivity index (χ4v) is 12.5. The molecule has 0 radical (unpaired) electrons. The summed E-state index contributed by atoms with van der Waals surface area (Å²) in [6.45, 7) is 13.7. The van der Waals surface area contributed by atoms with E-state index in [2.05, 4.69) is 294 Å². The van der Waals surface area contributed by atoms with Crippen LogP contribution >= 0.6 is 0 Å². The van der Waals surface area contributed by atoms with Gasteiger partial charge in [0.1, 0.15) is 11.2 Å². The van der Waals surface area contributed by atoms with Gasteiger partial charge in [-0.3, -0.25) is 0 Å². The van der Waals surface area contributed by atoms with E-state index in [1.54, 1.807) is 0 Å². The highest BCUT2D eigenvalue weighted by molar-refractivity contribution is 6.15. The Morgan fingerprint density at radius 1 is 0.325 bits per heavy atom. The molecule has 13 aromatic rings. The van der Waals surface area contributed by atoms with Crippen molar-refractivity contribution in [3.63, 3.8) is 0 Å². The van der Waals surface area contributed by atoms with E-state index in [-0.39, 0.29) is 10.8 Å². The number of anilines is 6. The average molecular weight is 995 g/mol. The number of furan rings is 2. The van der Waals surface area contributed by atoms with E-state index in [0.29, 0.717) is 0 Å². The van der Waals surface area contributed by atoms with Gasteiger partial charge in [0, 0.05) is 44.0 Å². The van der Waals surface area contributed by atoms with Crippen LogP contribution in [0, 0.1) is 0 Å². The molecule has 2 aromatic heterocycles. The van der Waals surface area contributed by atoms with E-state index >= 15 is 0 Å². The van der Waals surface area contributed by atoms with Gasteiger partial charge in [0.2, 0.25) is 0 Å². The topological polar surface area (TPSA) is 32.8 Å². The summed E-state index contributed by atoms with van der Waals surface area (Å²) in [4.78, 5) is 4.85. The van der Waals surface area contributed by atoms with Crippen LogP contribution in [0.1, 0.15) is 74.9 Å². The first kappa shape index (κ1) is 46.4. The third-order valence-electron chi connectivity index (χ3n) is 16.2. The zero-order valence-corrected chi connectivity index (χ0v) is 44.3. The van der Waals surface area contributed by atoms with Gasteiger partial charge >= 0.3 is 0 Å². The van der Waals surface area contributed by atoms with Crippen LogP contribution in [0.4, 0.5) is 34.1 Å². The van der Waals surface area contributed by atoms with Crippen molar-refractivity contribution in [2.45, 2.75) is 57.8 Å². The van der Waals surface area contributed by atoms with E-state index < -0.39 is 5.41 Å². The fourth-order valence-electron chi connectivity index (χ4n) is 12.5. The van der Waals surface area contributed by atoms with Crippen molar-refractivity contribution in [1.82, 2.24) is 0 Å². The Morgan fingerprint density at radius 3 is 1.27 bits per heavy atom. The molecule has 0 aliphatic heterocycles. The molecule has 0 saturated carbocycles. The van der Waals surface area contributed by atoms with E-state index in [1.807, 2.05) is 0 Å². The van der Waals surface area contributed by atoms with Gasteiger partial charge in [-0.1, -0.05) is 217 Å². The normalized spacial score (nSPS) is 13.2. The predicted molar refractivity (Wildman–Crippen MR) is 323 cm³/mol. The maximum absolute atomic E-state index is 6.94. The molecule has 77 heavy (non-hydrogen) atoms. The molecule has 2 heterocycles. The molecule has 14 rings (SSSR count). The van der Waals surface area contributed by atoms with Crippen LogP contribution in [0.3, 0.4) is 0 Å². The van der Waals surface area contributed by atoms with Crippen molar-refractivity contribution in [1.29, 1.82) is 0 Å². The zero-order valence-electron chi connectivity index (χ0n) is 44.3. The van der Waals surface area contributed by atoms with Gasteiger partial charge in [-0.05, 0) is 127 Å². The summed E-state index contributed by atoms with van der Waals surface area (Å²) in [6, 6.07) is 89.2. The van der Waals surface area contributed by atoms with Crippen LogP contribution in [0.25, 0.3) is 65.8 Å². The second kappa shape index (κ2) is 17.5. The van der Waals surface area contributed by atoms with Crippen LogP contribution < -0.4 is 9.80 Å². The molecular weight excluding hydrogens is 937 g/mol. The Kier molecular flexibility index (Phi) is 10.5. The molecular formula is C73H58N2O2. The lowest BCUT2D eigenvalue weighted by molar-refractivity contribution is 0.590. The van der Waals surface area contributed by atoms with Crippen LogP contribution in [-0.4, -0.2) is 0 Å². The third kappa shape index (κ3) is 7.26. The molecule has 0 N–H and O–H groups in total. The summed E-state index contributed by atoms with van der Waals surface area (Å²) >= 11 is 0. The molecule has 0 atom stereocenters. The highest BCUT2D eigenvalue weighted by Gasteiger charge is 2.48. The number of hydrogen-bond donors (Lipinski definition) is 0. The maximum Gasteiger partial charge on any atom is 0.159 e. The van der Waals surface area contributed by atoms with Gasteiger partial charge in [0.05, 0.1) is 22.5 Å². The van der Waals surface area contributed by atoms with Gasteiger partial charge in [0.15, 0.2) is 11.2 Å². The highest BCUT2D eigenvalue weighted by Crippen LogP contribution is 2.61. The Hall–Kier alpha value is -9.12. The first-order chi connectivity index (χ1) is 37.5. The van der Waals surface area contributed by atoms with Crippen LogP contribution in [0.5, 0.6) is 0 Å². The zero-order chi connectivity index (χ0) is 52.2. The van der Waals surface area contributed by atoms with E-state index in [4.69, 9.17) is 8.83 Å². The van der Waals surface area contributed by atoms with Crippen LogP contribution in [-0.2, 0) is 16.2 Å². The number of nitrogens with zero attached hydrogens (tertiary/aromatic N) is 2. The maximum atomic E-state index is 6.94. The number of rotatable bonds is 8. The highest BCUT2D eigenvalue weighted by atomic mass is 16.3. The minimum atomic E-state index is -0.776. The first-order valence-electron chi connectivity index (χ1n) is 26.9. The van der Waals surface area contributed by atoms with Crippen molar-refractivity contribution < 1.29 is 8.83 Å². The molecule has 0 amide bonds. The summed E-state index contributed by atoms with van der Waals surface area (Å²) in [5.74, 6) is 0. The lowest BCUT2D eigenvalue weighted by atomic mass is 9.67. The molecule has 0 fully saturated rings. The summed E-state index contributed by atoms with van der Waals surface area (Å²) in [5, 5.41) is 6.68. The molecule has 0 saturated heterocycles. The van der Waals surface area contributed by atoms with E-state index in [9.17, 15) is 0 Å². The third-order valence-corrected chi connectivity index (χ3v) is 16.2. The monoisotopic (exact) mass is 994 g/mol. The quantitative estimate of drug-likeness (QED) is 0.152. The number of hydrogen-bond acceptors (Lipinski definition) is 4. The lowest BCUT2D eigenvalue weighted by Gasteiger charge is -2.36. The number of benzene rings is 11. The van der Waals surface area contributed by atoms with Gasteiger partial charge in [0.25, 0.3) is 0 Å². The van der Waals surface area contributed by atoms with Crippen molar-refractivity contribution in [2.75, 3.05) is 9.80 Å². The van der Waals surface area contributed by atoms with Gasteiger partial charge < -0.3 is 18.6 Å². The molecule has 1 aliphatic rings. The Bertz CT molecular complexity index is 4360. The molecule has 0 spiro atoms. The molecule has 0 unspecified atom stereocenters. The lowest BCUT2D eigenvalue weighted by Crippen LogP contribution is -2.29. The SMILES string of the molecule is CC(C)(C)c1ccc(N(c2ccc3c(c2)C(c2ccccc2)(c2ccccc2)c2cc(N(c4ccc(C(C)(C)C)cc4)c4cccc5c4oc4ccccc45)c4ccccc4c2-3)c2cccc3c2oc2ccccc23)cc1. The van der Waals surface area contributed by atoms with Crippen LogP contribution in [0.2, 0.25) is 0 Å². The Balaban J connectivity index is 1.08. The largest absolute Gasteiger partial charge is 0.454 e. The smallest absolute Gasteiger partial charge is 0.159 e. The summed E-state index contributed by atoms with van der Waals surface area (Å²) in [5.41, 5.74) is 18.5. The molecule has 0 bridgehead atoms. The van der Waals surface area contributed by atoms with E-state index in [1.165, 1.54) is 49.9 Å². The number of fused-ring (bicyclic) bond motifs is 11. The second-order valence-electron chi connectivity index (χ2n) is 22.8. The first-order valence-corrected chi connectivity index (χ1v) is 26.9. The van der Waals surface area contributed by atoms with E-state index in [0.717, 1.165) is 83.4 Å². The average Bonchev–Trinajstić information content (AvgIpc) is 4.31. The fraction of sp³-hybridized carbons (Fsp3) is 0.123. The second-order valence-corrected chi connectivity index (χ2v) is 22.8. The van der Waals surface area contributed by atoms with Crippen molar-refractivity contribution in [2.24, 2.45) is 0 Å². The van der Waals surface area contributed by atoms with Crippen molar-refractivity contribution in [3.05, 3.63) is 276 Å². The predicted octanol–water partition coefficient (Wildman–Crippen LogP) is 20.5. The summed E-state index contributed by atoms with van der Waals surface area (Å²) in [6.07, 6.45) is 0. The van der Waals surface area contributed by atoms with Crippen molar-refractivity contribution >= 4 is 88.8 Å². The Morgan fingerprint density at radius 2 is 0.753 bits per heavy atom. The molecule has 4 heteroatoms. The summed E-state index contributed by atoms with van der Waals surface area (Å²) < 4.78 is 13.8. The van der Waals surface area contributed by atoms with Crippen molar-refractivity contribution in [3.8, 4) is 11.1 Å². The van der Waals surface area contributed by atoms with Gasteiger partial charge in [-0.2, -0.15) is 0 Å². The minimum Gasteiger partial charge on any atom is -0.454 e. The Labute approximate surface area is 450 Å². The standard InChI is InChI=1S/C73H58N2O2/c1-71(2,3)47-35-39-51(40-36-47)74(63-31-19-29-58-55-26-15-17-33-66(55)76-69(58)63)53-43-44-60-61(45-53)73(49-21-9-7-10-22-49,50-23-11-8-12-24-50)62-46-65(54-25-13-14-28-57(54)68(60)62)75(52-41-37-48(38-42-52)72(4,5)6)64-32-20-30-59-56-27-16-18-34-67(56)77-70(59)64/h7-46H,1-6H3. The minimum absolute atomic E-state index is 0.0158. The molecule has 1 aliphatic carbocycles. The molecule has 4 nitrogen and oxygen atoms in total. The number of para-hydroxylation sites is 4. The van der Waals surface area contributed by atoms with Gasteiger partial charge in [-0.15, -0.1) is 0 Å². The van der Waals surface area contributed by atoms with Gasteiger partial charge in [-0.25, -0.2) is 0 Å². The van der Waals surface area contributed by atoms with Crippen LogP contribution in [0.15, 0.2) is 251 Å². The molecule has 11 aromatic carbocycles. The molecule has 372 valence electrons. The summed E-state index contributed by atoms with van der Waals surface area (Å²) in [7, 11) is 0.